The van der Waals surface area contributed by atoms with Gasteiger partial charge in [-0.05, 0) is 36.1 Å². The number of aromatic nitrogens is 2. The van der Waals surface area contributed by atoms with Crippen LogP contribution in [0.3, 0.4) is 0 Å². The number of sulfonamides is 1. The summed E-state index contributed by atoms with van der Waals surface area (Å²) in [5.41, 5.74) is 13.6. The number of aliphatic hydroxyl groups excluding tert-OH is 1. The van der Waals surface area contributed by atoms with Crippen LogP contribution in [0.4, 0.5) is 5.95 Å². The van der Waals surface area contributed by atoms with Crippen molar-refractivity contribution in [2.45, 2.75) is 42.7 Å². The van der Waals surface area contributed by atoms with Crippen LogP contribution in [0.2, 0.25) is 0 Å². The molecule has 0 saturated heterocycles. The number of nitrogens with one attached hydrogen (secondary N) is 1. The zero-order chi connectivity index (χ0) is 22.4. The van der Waals surface area contributed by atoms with E-state index < -0.39 is 21.7 Å². The van der Waals surface area contributed by atoms with Gasteiger partial charge in [-0.1, -0.05) is 44.2 Å². The molecule has 0 amide bonds. The van der Waals surface area contributed by atoms with Crippen LogP contribution in [0.25, 0.3) is 11.0 Å². The van der Waals surface area contributed by atoms with E-state index in [0.29, 0.717) is 17.5 Å². The summed E-state index contributed by atoms with van der Waals surface area (Å²) in [6.07, 6.45) is -0.370. The number of H-pyrrole nitrogens is 1. The van der Waals surface area contributed by atoms with E-state index in [0.717, 1.165) is 5.56 Å². The number of aromatic amines is 1. The van der Waals surface area contributed by atoms with Crippen LogP contribution in [-0.2, 0) is 10.0 Å². The third-order valence-electron chi connectivity index (χ3n) is 5.92. The Morgan fingerprint density at radius 3 is 2.61 bits per heavy atom. The van der Waals surface area contributed by atoms with Crippen LogP contribution >= 0.6 is 0 Å². The molecule has 166 valence electrons. The van der Waals surface area contributed by atoms with Crippen LogP contribution in [0.1, 0.15) is 31.7 Å². The van der Waals surface area contributed by atoms with Crippen LogP contribution in [0, 0.1) is 5.92 Å². The number of nitrogen functional groups attached to an aromatic ring is 1. The number of aliphatic hydroxyl groups is 1. The summed E-state index contributed by atoms with van der Waals surface area (Å²) < 4.78 is 28.3. The second-order valence-electron chi connectivity index (χ2n) is 8.81. The van der Waals surface area contributed by atoms with Gasteiger partial charge in [0.25, 0.3) is 0 Å². The monoisotopic (exact) mass is 443 g/mol. The number of rotatable bonds is 8. The van der Waals surface area contributed by atoms with Gasteiger partial charge < -0.3 is 21.6 Å². The number of hydrogen-bond acceptors (Lipinski definition) is 6. The van der Waals surface area contributed by atoms with E-state index >= 15 is 0 Å². The van der Waals surface area contributed by atoms with E-state index in [-0.39, 0.29) is 35.8 Å². The fourth-order valence-corrected chi connectivity index (χ4v) is 5.77. The van der Waals surface area contributed by atoms with Crippen LogP contribution in [0.5, 0.6) is 0 Å². The summed E-state index contributed by atoms with van der Waals surface area (Å²) in [5.74, 6) is 0.313. The highest BCUT2D eigenvalue weighted by atomic mass is 32.2. The summed E-state index contributed by atoms with van der Waals surface area (Å²) >= 11 is 0. The van der Waals surface area contributed by atoms with Gasteiger partial charge in [-0.2, -0.15) is 4.31 Å². The number of nitrogens with two attached hydrogens (primary N) is 2. The van der Waals surface area contributed by atoms with Gasteiger partial charge >= 0.3 is 0 Å². The quantitative estimate of drug-likeness (QED) is 0.420. The Labute approximate surface area is 182 Å². The molecule has 0 radical (unpaired) electrons. The molecule has 1 aliphatic rings. The van der Waals surface area contributed by atoms with E-state index in [2.05, 4.69) is 9.97 Å². The summed E-state index contributed by atoms with van der Waals surface area (Å²) in [6.45, 7) is 4.09. The predicted molar refractivity (Wildman–Crippen MR) is 121 cm³/mol. The highest BCUT2D eigenvalue weighted by Gasteiger charge is 2.57. The summed E-state index contributed by atoms with van der Waals surface area (Å²) in [6, 6.07) is 14.4. The fourth-order valence-electron chi connectivity index (χ4n) is 4.14. The average Bonchev–Trinajstić information content (AvgIpc) is 3.28. The molecule has 1 heterocycles. The van der Waals surface area contributed by atoms with E-state index in [1.165, 1.54) is 16.4 Å². The molecule has 1 unspecified atom stereocenters. The Morgan fingerprint density at radius 1 is 1.23 bits per heavy atom. The minimum Gasteiger partial charge on any atom is -0.390 e. The molecule has 8 nitrogen and oxygen atoms in total. The van der Waals surface area contributed by atoms with Gasteiger partial charge in [0.2, 0.25) is 10.0 Å². The Kier molecular flexibility index (Phi) is 5.55. The van der Waals surface area contributed by atoms with Gasteiger partial charge in [-0.3, -0.25) is 0 Å². The van der Waals surface area contributed by atoms with Gasteiger partial charge in [0.05, 0.1) is 27.6 Å². The molecule has 1 saturated carbocycles. The molecule has 4 rings (SSSR count). The summed E-state index contributed by atoms with van der Waals surface area (Å²) in [4.78, 5) is 7.10. The lowest BCUT2D eigenvalue weighted by Crippen LogP contribution is -2.49. The van der Waals surface area contributed by atoms with Crippen LogP contribution < -0.4 is 11.5 Å². The molecule has 2 aromatic carbocycles. The van der Waals surface area contributed by atoms with Crippen molar-refractivity contribution in [1.29, 1.82) is 0 Å². The van der Waals surface area contributed by atoms with E-state index in [1.807, 2.05) is 44.2 Å². The molecule has 0 aliphatic heterocycles. The minimum absolute atomic E-state index is 0.0108. The summed E-state index contributed by atoms with van der Waals surface area (Å²) in [7, 11) is -3.86. The van der Waals surface area contributed by atoms with E-state index in [1.54, 1.807) is 6.07 Å². The second-order valence-corrected chi connectivity index (χ2v) is 10.8. The van der Waals surface area contributed by atoms with E-state index in [9.17, 15) is 13.5 Å². The smallest absolute Gasteiger partial charge is 0.243 e. The number of anilines is 1. The SMILES string of the molecule is CC(C)CN(C[C@@H](O)[C@]1(N)CC1c1ccccc1)S(=O)(=O)c1ccc2nc(N)[nH]c2c1. The molecule has 0 spiro atoms. The number of benzene rings is 2. The predicted octanol–water partition coefficient (Wildman–Crippen LogP) is 2.04. The van der Waals surface area contributed by atoms with Crippen molar-refractivity contribution in [1.82, 2.24) is 14.3 Å². The van der Waals surface area contributed by atoms with Crippen molar-refractivity contribution >= 4 is 27.0 Å². The van der Waals surface area contributed by atoms with Gasteiger partial charge in [0, 0.05) is 19.0 Å². The fraction of sp³-hybridized carbons (Fsp3) is 0.409. The highest BCUT2D eigenvalue weighted by molar-refractivity contribution is 7.89. The zero-order valence-electron chi connectivity index (χ0n) is 17.7. The third-order valence-corrected chi connectivity index (χ3v) is 7.75. The first-order valence-corrected chi connectivity index (χ1v) is 11.8. The molecule has 0 bridgehead atoms. The second kappa shape index (κ2) is 7.90. The molecule has 6 N–H and O–H groups in total. The normalized spacial score (nSPS) is 22.3. The lowest BCUT2D eigenvalue weighted by molar-refractivity contribution is 0.105. The molecule has 1 aliphatic carbocycles. The molecular formula is C22H29N5O3S. The van der Waals surface area contributed by atoms with E-state index in [4.69, 9.17) is 11.5 Å². The number of imidazole rings is 1. The van der Waals surface area contributed by atoms with Gasteiger partial charge in [0.1, 0.15) is 0 Å². The van der Waals surface area contributed by atoms with Gasteiger partial charge in [-0.15, -0.1) is 0 Å². The molecule has 3 atom stereocenters. The van der Waals surface area contributed by atoms with Crippen molar-refractivity contribution < 1.29 is 13.5 Å². The van der Waals surface area contributed by atoms with Crippen molar-refractivity contribution in [3.8, 4) is 0 Å². The van der Waals surface area contributed by atoms with Crippen LogP contribution in [-0.4, -0.2) is 52.5 Å². The van der Waals surface area contributed by atoms with Gasteiger partial charge in [0.15, 0.2) is 5.95 Å². The first-order chi connectivity index (χ1) is 14.6. The summed E-state index contributed by atoms with van der Waals surface area (Å²) in [5, 5.41) is 11.0. The van der Waals surface area contributed by atoms with Gasteiger partial charge in [-0.25, -0.2) is 13.4 Å². The van der Waals surface area contributed by atoms with Crippen molar-refractivity contribution in [2.24, 2.45) is 11.7 Å². The standard InChI is InChI=1S/C22H29N5O3S/c1-14(2)12-27(13-20(28)22(24)11-17(22)15-6-4-3-5-7-15)31(29,30)16-8-9-18-19(10-16)26-21(23)25-18/h3-10,14,17,20,28H,11-13,24H2,1-2H3,(H3,23,25,26)/t17?,20-,22+/m1/s1. The molecule has 1 fully saturated rings. The molecule has 3 aromatic rings. The largest absolute Gasteiger partial charge is 0.390 e. The Bertz CT molecular complexity index is 1180. The molecule has 1 aromatic heterocycles. The number of hydrogen-bond donors (Lipinski definition) is 4. The first kappa shape index (κ1) is 21.8. The van der Waals surface area contributed by atoms with Crippen molar-refractivity contribution in [3.05, 3.63) is 54.1 Å². The Morgan fingerprint density at radius 2 is 1.94 bits per heavy atom. The lowest BCUT2D eigenvalue weighted by Gasteiger charge is -2.29. The maximum atomic E-state index is 13.5. The number of nitrogens with zero attached hydrogens (tertiary/aromatic N) is 2. The maximum absolute atomic E-state index is 13.5. The third kappa shape index (κ3) is 4.18. The molecule has 9 heteroatoms. The first-order valence-electron chi connectivity index (χ1n) is 10.4. The highest BCUT2D eigenvalue weighted by Crippen LogP contribution is 2.51. The van der Waals surface area contributed by atoms with Crippen LogP contribution in [0.15, 0.2) is 53.4 Å². The maximum Gasteiger partial charge on any atom is 0.243 e. The van der Waals surface area contributed by atoms with Crippen molar-refractivity contribution in [2.75, 3.05) is 18.8 Å². The Balaban J connectivity index is 1.59. The topological polar surface area (TPSA) is 138 Å². The zero-order valence-corrected chi connectivity index (χ0v) is 18.5. The lowest BCUT2D eigenvalue weighted by atomic mass is 10.0. The molecule has 31 heavy (non-hydrogen) atoms. The average molecular weight is 444 g/mol. The van der Waals surface area contributed by atoms with Crippen molar-refractivity contribution in [3.63, 3.8) is 0 Å². The minimum atomic E-state index is -3.86. The number of fused-ring (bicyclic) bond motifs is 1. The Hall–Kier alpha value is -2.46. The molecular weight excluding hydrogens is 414 g/mol.